The molecule has 0 aromatic heterocycles. The van der Waals surface area contributed by atoms with E-state index in [1.54, 1.807) is 0 Å². The molecular weight excluding hydrogens is 180 g/mol. The van der Waals surface area contributed by atoms with E-state index in [4.69, 9.17) is 0 Å². The van der Waals surface area contributed by atoms with Crippen LogP contribution in [0.5, 0.6) is 0 Å². The number of hydrogen-bond acceptors (Lipinski definition) is 3. The Morgan fingerprint density at radius 1 is 1.36 bits per heavy atom. The van der Waals surface area contributed by atoms with Gasteiger partial charge < -0.3 is 9.84 Å². The van der Waals surface area contributed by atoms with Crippen LogP contribution in [0.2, 0.25) is 0 Å². The van der Waals surface area contributed by atoms with Crippen molar-refractivity contribution in [3.8, 4) is 0 Å². The van der Waals surface area contributed by atoms with Crippen molar-refractivity contribution in [1.82, 2.24) is 0 Å². The Labute approximate surface area is 86.5 Å². The van der Waals surface area contributed by atoms with E-state index in [9.17, 15) is 9.90 Å². The van der Waals surface area contributed by atoms with E-state index < -0.39 is 12.1 Å². The van der Waals surface area contributed by atoms with Crippen LogP contribution in [0, 0.1) is 11.8 Å². The lowest BCUT2D eigenvalue weighted by molar-refractivity contribution is -0.153. The fraction of sp³-hybridized carbons (Fsp3) is 0.909. The van der Waals surface area contributed by atoms with E-state index in [2.05, 4.69) is 18.6 Å². The van der Waals surface area contributed by atoms with Crippen LogP contribution in [0.3, 0.4) is 0 Å². The number of esters is 1. The van der Waals surface area contributed by atoms with Gasteiger partial charge in [0.05, 0.1) is 7.11 Å². The van der Waals surface area contributed by atoms with Crippen molar-refractivity contribution in [3.05, 3.63) is 0 Å². The van der Waals surface area contributed by atoms with Gasteiger partial charge in [0.2, 0.25) is 0 Å². The molecule has 0 heterocycles. The molecule has 0 aliphatic rings. The molecule has 0 saturated carbocycles. The lowest BCUT2D eigenvalue weighted by Crippen LogP contribution is -2.31. The van der Waals surface area contributed by atoms with Gasteiger partial charge in [-0.1, -0.05) is 33.6 Å². The first-order valence-corrected chi connectivity index (χ1v) is 5.32. The van der Waals surface area contributed by atoms with Gasteiger partial charge in [0.1, 0.15) is 0 Å². The third kappa shape index (κ3) is 4.09. The molecule has 0 radical (unpaired) electrons. The minimum Gasteiger partial charge on any atom is -0.467 e. The molecule has 3 heteroatoms. The number of rotatable bonds is 6. The summed E-state index contributed by atoms with van der Waals surface area (Å²) in [7, 11) is 1.31. The minimum absolute atomic E-state index is 0.0254. The Morgan fingerprint density at radius 3 is 2.29 bits per heavy atom. The van der Waals surface area contributed by atoms with Crippen LogP contribution < -0.4 is 0 Å². The summed E-state index contributed by atoms with van der Waals surface area (Å²) in [5.74, 6) is 0.0526. The van der Waals surface area contributed by atoms with Gasteiger partial charge in [0.15, 0.2) is 6.10 Å². The number of methoxy groups -OCH3 is 1. The highest BCUT2D eigenvalue weighted by molar-refractivity contribution is 5.74. The quantitative estimate of drug-likeness (QED) is 0.670. The zero-order valence-electron chi connectivity index (χ0n) is 9.62. The van der Waals surface area contributed by atoms with Crippen LogP contribution in [-0.4, -0.2) is 24.3 Å². The zero-order valence-corrected chi connectivity index (χ0v) is 9.62. The summed E-state index contributed by atoms with van der Waals surface area (Å²) >= 11 is 0. The summed E-state index contributed by atoms with van der Waals surface area (Å²) in [6, 6.07) is 0. The second kappa shape index (κ2) is 6.82. The summed E-state index contributed by atoms with van der Waals surface area (Å²) < 4.78 is 4.52. The summed E-state index contributed by atoms with van der Waals surface area (Å²) in [6.45, 7) is 6.23. The van der Waals surface area contributed by atoms with Crippen molar-refractivity contribution in [2.24, 2.45) is 11.8 Å². The van der Waals surface area contributed by atoms with E-state index in [1.165, 1.54) is 7.11 Å². The molecule has 14 heavy (non-hydrogen) atoms. The largest absolute Gasteiger partial charge is 0.467 e. The fourth-order valence-electron chi connectivity index (χ4n) is 1.52. The zero-order chi connectivity index (χ0) is 11.1. The van der Waals surface area contributed by atoms with Gasteiger partial charge in [-0.25, -0.2) is 4.79 Å². The number of aliphatic hydroxyl groups is 1. The standard InChI is InChI=1S/C11H22O3/c1-5-8(3)7-9(6-2)10(12)11(13)14-4/h8-10,12H,5-7H2,1-4H3. The Kier molecular flexibility index (Phi) is 6.54. The SMILES string of the molecule is CCC(C)CC(CC)C(O)C(=O)OC. The van der Waals surface area contributed by atoms with Crippen molar-refractivity contribution in [2.45, 2.75) is 46.1 Å². The van der Waals surface area contributed by atoms with Crippen LogP contribution in [0.15, 0.2) is 0 Å². The van der Waals surface area contributed by atoms with E-state index in [0.717, 1.165) is 19.3 Å². The molecule has 0 fully saturated rings. The van der Waals surface area contributed by atoms with Gasteiger partial charge >= 0.3 is 5.97 Å². The van der Waals surface area contributed by atoms with Crippen molar-refractivity contribution in [3.63, 3.8) is 0 Å². The Balaban J connectivity index is 4.18. The summed E-state index contributed by atoms with van der Waals surface area (Å²) in [5, 5.41) is 9.65. The van der Waals surface area contributed by atoms with Gasteiger partial charge in [-0.05, 0) is 18.3 Å². The van der Waals surface area contributed by atoms with Crippen molar-refractivity contribution in [2.75, 3.05) is 7.11 Å². The third-order valence-corrected chi connectivity index (χ3v) is 2.82. The maximum atomic E-state index is 11.1. The molecule has 0 aliphatic heterocycles. The van der Waals surface area contributed by atoms with Crippen molar-refractivity contribution >= 4 is 5.97 Å². The molecule has 0 spiro atoms. The van der Waals surface area contributed by atoms with E-state index in [0.29, 0.717) is 5.92 Å². The molecule has 0 bridgehead atoms. The first kappa shape index (κ1) is 13.4. The lowest BCUT2D eigenvalue weighted by Gasteiger charge is -2.22. The first-order valence-electron chi connectivity index (χ1n) is 5.32. The van der Waals surface area contributed by atoms with Gasteiger partial charge in [-0.3, -0.25) is 0 Å². The number of carbonyl (C=O) groups is 1. The highest BCUT2D eigenvalue weighted by Gasteiger charge is 2.26. The topological polar surface area (TPSA) is 46.5 Å². The molecule has 3 nitrogen and oxygen atoms in total. The van der Waals surface area contributed by atoms with Gasteiger partial charge in [0.25, 0.3) is 0 Å². The molecule has 3 atom stereocenters. The van der Waals surface area contributed by atoms with Gasteiger partial charge in [-0.2, -0.15) is 0 Å². The number of ether oxygens (including phenoxy) is 1. The third-order valence-electron chi connectivity index (χ3n) is 2.82. The van der Waals surface area contributed by atoms with Crippen molar-refractivity contribution in [1.29, 1.82) is 0 Å². The first-order chi connectivity index (χ1) is 6.56. The lowest BCUT2D eigenvalue weighted by atomic mass is 9.88. The van der Waals surface area contributed by atoms with Crippen LogP contribution in [0.25, 0.3) is 0 Å². The number of hydrogen-bond donors (Lipinski definition) is 1. The smallest absolute Gasteiger partial charge is 0.334 e. The molecule has 0 amide bonds. The maximum absolute atomic E-state index is 11.1. The Morgan fingerprint density at radius 2 is 1.93 bits per heavy atom. The predicted molar refractivity (Wildman–Crippen MR) is 55.9 cm³/mol. The molecule has 0 saturated heterocycles. The fourth-order valence-corrected chi connectivity index (χ4v) is 1.52. The van der Waals surface area contributed by atoms with E-state index >= 15 is 0 Å². The number of aliphatic hydroxyl groups excluding tert-OH is 1. The van der Waals surface area contributed by atoms with Crippen LogP contribution in [0.4, 0.5) is 0 Å². The van der Waals surface area contributed by atoms with E-state index in [1.807, 2.05) is 6.92 Å². The second-order valence-corrected chi connectivity index (χ2v) is 3.89. The summed E-state index contributed by atoms with van der Waals surface area (Å²) in [4.78, 5) is 11.1. The monoisotopic (exact) mass is 202 g/mol. The minimum atomic E-state index is -0.959. The highest BCUT2D eigenvalue weighted by Crippen LogP contribution is 2.21. The molecular formula is C11H22O3. The average molecular weight is 202 g/mol. The predicted octanol–water partition coefficient (Wildman–Crippen LogP) is 1.98. The maximum Gasteiger partial charge on any atom is 0.334 e. The van der Waals surface area contributed by atoms with Gasteiger partial charge in [0, 0.05) is 0 Å². The van der Waals surface area contributed by atoms with Gasteiger partial charge in [-0.15, -0.1) is 0 Å². The van der Waals surface area contributed by atoms with Crippen LogP contribution >= 0.6 is 0 Å². The molecule has 3 unspecified atom stereocenters. The summed E-state index contributed by atoms with van der Waals surface area (Å²) in [6.07, 6.45) is 1.80. The van der Waals surface area contributed by atoms with Crippen molar-refractivity contribution < 1.29 is 14.6 Å². The molecule has 0 aromatic carbocycles. The molecule has 0 aromatic rings. The van der Waals surface area contributed by atoms with Crippen LogP contribution in [0.1, 0.15) is 40.0 Å². The highest BCUT2D eigenvalue weighted by atomic mass is 16.5. The van der Waals surface area contributed by atoms with E-state index in [-0.39, 0.29) is 5.92 Å². The molecule has 84 valence electrons. The molecule has 0 rings (SSSR count). The Bertz CT molecular complexity index is 168. The number of carbonyl (C=O) groups excluding carboxylic acids is 1. The molecule has 0 aliphatic carbocycles. The summed E-state index contributed by atoms with van der Waals surface area (Å²) in [5.41, 5.74) is 0. The molecule has 1 N–H and O–H groups in total. The average Bonchev–Trinajstić information content (AvgIpc) is 2.23. The van der Waals surface area contributed by atoms with Crippen LogP contribution in [-0.2, 0) is 9.53 Å². The normalized spacial score (nSPS) is 17.2. The second-order valence-electron chi connectivity index (χ2n) is 3.89. The Hall–Kier alpha value is -0.570.